The molecule has 6 atom stereocenters. The number of rotatable bonds is 67. The largest absolute Gasteiger partial charge is 0.472 e. The van der Waals surface area contributed by atoms with Gasteiger partial charge in [-0.25, -0.2) is 9.13 Å². The third-order valence-corrected chi connectivity index (χ3v) is 18.3. The van der Waals surface area contributed by atoms with Gasteiger partial charge < -0.3 is 33.8 Å². The van der Waals surface area contributed by atoms with Crippen LogP contribution in [0.3, 0.4) is 0 Å². The van der Waals surface area contributed by atoms with Crippen LogP contribution in [0.15, 0.2) is 0 Å². The zero-order chi connectivity index (χ0) is 66.1. The molecule has 528 valence electrons. The summed E-state index contributed by atoms with van der Waals surface area (Å²) in [5.41, 5.74) is 0. The molecule has 0 bridgehead atoms. The minimum atomic E-state index is -4.95. The Morgan fingerprint density at radius 3 is 0.798 bits per heavy atom. The van der Waals surface area contributed by atoms with Crippen molar-refractivity contribution in [2.45, 2.75) is 363 Å². The Morgan fingerprint density at radius 1 is 0.315 bits per heavy atom. The van der Waals surface area contributed by atoms with Crippen LogP contribution in [-0.2, 0) is 65.4 Å². The number of aliphatic hydroxyl groups excluding tert-OH is 1. The van der Waals surface area contributed by atoms with Gasteiger partial charge in [-0.05, 0) is 49.4 Å². The highest BCUT2D eigenvalue weighted by Gasteiger charge is 2.30. The average molecular weight is 1310 g/mol. The van der Waals surface area contributed by atoms with Gasteiger partial charge in [-0.2, -0.15) is 0 Å². The van der Waals surface area contributed by atoms with E-state index < -0.39 is 97.5 Å². The van der Waals surface area contributed by atoms with Crippen LogP contribution in [0, 0.1) is 23.7 Å². The predicted molar refractivity (Wildman–Crippen MR) is 358 cm³/mol. The van der Waals surface area contributed by atoms with Gasteiger partial charge in [0.15, 0.2) is 12.2 Å². The highest BCUT2D eigenvalue weighted by Crippen LogP contribution is 2.45. The number of hydrogen-bond acceptors (Lipinski definition) is 15. The number of esters is 4. The maximum atomic E-state index is 13.0. The van der Waals surface area contributed by atoms with E-state index >= 15 is 0 Å². The van der Waals surface area contributed by atoms with Crippen LogP contribution < -0.4 is 0 Å². The Balaban J connectivity index is 5.25. The van der Waals surface area contributed by atoms with Gasteiger partial charge >= 0.3 is 39.5 Å². The van der Waals surface area contributed by atoms with Gasteiger partial charge in [0.05, 0.1) is 26.4 Å². The van der Waals surface area contributed by atoms with Crippen molar-refractivity contribution in [1.82, 2.24) is 0 Å². The predicted octanol–water partition coefficient (Wildman–Crippen LogP) is 19.7. The van der Waals surface area contributed by atoms with Crippen LogP contribution >= 0.6 is 15.6 Å². The lowest BCUT2D eigenvalue weighted by Crippen LogP contribution is -2.30. The lowest BCUT2D eigenvalue weighted by Gasteiger charge is -2.21. The van der Waals surface area contributed by atoms with Crippen molar-refractivity contribution in [3.8, 4) is 0 Å². The fourth-order valence-electron chi connectivity index (χ4n) is 10.5. The first kappa shape index (κ1) is 87.1. The molecule has 0 saturated carbocycles. The number of carbonyl (C=O) groups is 4. The second-order valence-electron chi connectivity index (χ2n) is 26.9. The smallest absolute Gasteiger partial charge is 0.462 e. The Hall–Kier alpha value is -1.94. The highest BCUT2D eigenvalue weighted by molar-refractivity contribution is 7.47. The number of phosphoric acid groups is 2. The van der Waals surface area contributed by atoms with E-state index in [9.17, 15) is 43.2 Å². The Kier molecular flexibility index (Phi) is 58.5. The SMILES string of the molecule is CCC(C)CCCCCCCCC(=O)OC[C@H](COP(=O)(O)OCC(O)COP(=O)(O)OC[C@@H](COC(=O)CCCCCCCCCC(C)C)OC(=O)CCCCCCCCCCCCC(C)C)OC(=O)CCCCCCCCCCCCCCCC(C)C. The molecule has 0 aromatic carbocycles. The molecule has 0 radical (unpaired) electrons. The van der Waals surface area contributed by atoms with E-state index in [1.165, 1.54) is 135 Å². The Morgan fingerprint density at radius 2 is 0.539 bits per heavy atom. The second-order valence-corrected chi connectivity index (χ2v) is 29.8. The number of phosphoric ester groups is 2. The second kappa shape index (κ2) is 59.8. The van der Waals surface area contributed by atoms with Crippen molar-refractivity contribution < 1.29 is 80.2 Å². The Labute approximate surface area is 543 Å². The molecule has 4 unspecified atom stereocenters. The van der Waals surface area contributed by atoms with E-state index in [1.54, 1.807) is 0 Å². The molecular formula is C70H136O17P2. The van der Waals surface area contributed by atoms with Crippen LogP contribution in [0.5, 0.6) is 0 Å². The first-order chi connectivity index (χ1) is 42.6. The minimum Gasteiger partial charge on any atom is -0.462 e. The van der Waals surface area contributed by atoms with Crippen molar-refractivity contribution in [1.29, 1.82) is 0 Å². The molecule has 0 heterocycles. The molecule has 0 aromatic heterocycles. The van der Waals surface area contributed by atoms with Crippen molar-refractivity contribution in [2.24, 2.45) is 23.7 Å². The molecule has 0 fully saturated rings. The third kappa shape index (κ3) is 63.2. The van der Waals surface area contributed by atoms with Crippen LogP contribution in [0.4, 0.5) is 0 Å². The molecule has 0 aliphatic carbocycles. The molecule has 0 aliphatic rings. The molecular weight excluding hydrogens is 1170 g/mol. The lowest BCUT2D eigenvalue weighted by atomic mass is 10.00. The van der Waals surface area contributed by atoms with Crippen LogP contribution in [-0.4, -0.2) is 96.7 Å². The lowest BCUT2D eigenvalue weighted by molar-refractivity contribution is -0.161. The molecule has 0 aromatic rings. The van der Waals surface area contributed by atoms with E-state index in [1.807, 2.05) is 0 Å². The van der Waals surface area contributed by atoms with Crippen LogP contribution in [0.2, 0.25) is 0 Å². The summed E-state index contributed by atoms with van der Waals surface area (Å²) < 4.78 is 68.3. The Bertz CT molecular complexity index is 1770. The normalized spacial score (nSPS) is 14.6. The maximum absolute atomic E-state index is 13.0. The molecule has 19 heteroatoms. The van der Waals surface area contributed by atoms with Gasteiger partial charge in [-0.3, -0.25) is 37.3 Å². The zero-order valence-corrected chi connectivity index (χ0v) is 59.8. The van der Waals surface area contributed by atoms with Crippen LogP contribution in [0.1, 0.15) is 344 Å². The first-order valence-electron chi connectivity index (χ1n) is 36.2. The van der Waals surface area contributed by atoms with Gasteiger partial charge in [0.25, 0.3) is 0 Å². The molecule has 17 nitrogen and oxygen atoms in total. The number of unbranched alkanes of at least 4 members (excludes halogenated alkanes) is 32. The minimum absolute atomic E-state index is 0.104. The molecule has 0 spiro atoms. The molecule has 0 rings (SSSR count). The molecule has 0 saturated heterocycles. The summed E-state index contributed by atoms with van der Waals surface area (Å²) in [6.45, 7) is 14.1. The quantitative estimate of drug-likeness (QED) is 0.0222. The highest BCUT2D eigenvalue weighted by atomic mass is 31.2. The fourth-order valence-corrected chi connectivity index (χ4v) is 12.0. The third-order valence-electron chi connectivity index (χ3n) is 16.4. The van der Waals surface area contributed by atoms with E-state index in [0.717, 1.165) is 120 Å². The fraction of sp³-hybridized carbons (Fsp3) is 0.943. The summed E-state index contributed by atoms with van der Waals surface area (Å²) in [6.07, 6.45) is 41.8. The first-order valence-corrected chi connectivity index (χ1v) is 39.2. The van der Waals surface area contributed by atoms with Gasteiger partial charge in [-0.15, -0.1) is 0 Å². The molecule has 0 amide bonds. The summed E-state index contributed by atoms with van der Waals surface area (Å²) in [7, 11) is -9.90. The summed E-state index contributed by atoms with van der Waals surface area (Å²) >= 11 is 0. The number of hydrogen-bond donors (Lipinski definition) is 3. The van der Waals surface area contributed by atoms with Crippen molar-refractivity contribution in [3.05, 3.63) is 0 Å². The summed E-state index contributed by atoms with van der Waals surface area (Å²) in [4.78, 5) is 72.5. The van der Waals surface area contributed by atoms with Crippen molar-refractivity contribution in [2.75, 3.05) is 39.6 Å². The number of carbonyl (C=O) groups excluding carboxylic acids is 4. The van der Waals surface area contributed by atoms with Gasteiger partial charge in [0.1, 0.15) is 19.3 Å². The average Bonchev–Trinajstić information content (AvgIpc) is 3.68. The van der Waals surface area contributed by atoms with E-state index in [0.29, 0.717) is 31.6 Å². The van der Waals surface area contributed by atoms with E-state index in [4.69, 9.17) is 37.0 Å². The molecule has 0 aliphatic heterocycles. The summed E-state index contributed by atoms with van der Waals surface area (Å²) in [5, 5.41) is 10.6. The van der Waals surface area contributed by atoms with Crippen molar-refractivity contribution >= 4 is 39.5 Å². The topological polar surface area (TPSA) is 237 Å². The van der Waals surface area contributed by atoms with Crippen LogP contribution in [0.25, 0.3) is 0 Å². The van der Waals surface area contributed by atoms with Gasteiger partial charge in [0, 0.05) is 25.7 Å². The summed E-state index contributed by atoms with van der Waals surface area (Å²) in [6, 6.07) is 0. The monoisotopic (exact) mass is 1310 g/mol. The standard InChI is InChI=1S/C70H136O17P2/c1-9-63(8)49-41-33-28-29-35-43-51-68(73)81-57-66(87-69(74)52-44-36-25-19-14-12-10-11-13-17-22-30-38-46-60(2)3)59-85-89(78,79)83-55-64(71)54-82-88(76,77)84-58-65(56-80-67(72)50-42-34-27-21-24-32-40-48-62(6)7)86-70(75)53-45-37-26-20-16-15-18-23-31-39-47-61(4)5/h60-66,71H,9-59H2,1-8H3,(H,76,77)(H,78,79)/t63?,64?,65-,66-/m1/s1. The molecule has 3 N–H and O–H groups in total. The number of aliphatic hydroxyl groups is 1. The zero-order valence-electron chi connectivity index (χ0n) is 58.1. The maximum Gasteiger partial charge on any atom is 0.472 e. The van der Waals surface area contributed by atoms with Crippen molar-refractivity contribution in [3.63, 3.8) is 0 Å². The van der Waals surface area contributed by atoms with E-state index in [-0.39, 0.29) is 25.7 Å². The van der Waals surface area contributed by atoms with E-state index in [2.05, 4.69) is 55.4 Å². The summed E-state index contributed by atoms with van der Waals surface area (Å²) in [5.74, 6) is 0.843. The number of ether oxygens (including phenoxy) is 4. The van der Waals surface area contributed by atoms with Gasteiger partial charge in [-0.1, -0.05) is 293 Å². The van der Waals surface area contributed by atoms with Gasteiger partial charge in [0.2, 0.25) is 0 Å². The molecule has 89 heavy (non-hydrogen) atoms.